The molecule has 108 valence electrons. The number of fused-ring (bicyclic) bond motifs is 2. The van der Waals surface area contributed by atoms with Gasteiger partial charge in [0.25, 0.3) is 0 Å². The Hall–Kier alpha value is -1.39. The highest BCUT2D eigenvalue weighted by molar-refractivity contribution is 5.76. The van der Waals surface area contributed by atoms with Gasteiger partial charge in [-0.05, 0) is 5.56 Å². The average molecular weight is 276 g/mol. The number of hydrogen-bond acceptors (Lipinski definition) is 3. The summed E-state index contributed by atoms with van der Waals surface area (Å²) in [7, 11) is 2.24. The zero-order valence-electron chi connectivity index (χ0n) is 11.8. The van der Waals surface area contributed by atoms with Gasteiger partial charge in [-0.1, -0.05) is 30.3 Å². The van der Waals surface area contributed by atoms with Gasteiger partial charge in [0, 0.05) is 25.7 Å². The third-order valence-electron chi connectivity index (χ3n) is 4.87. The van der Waals surface area contributed by atoms with Crippen LogP contribution in [0.15, 0.2) is 30.3 Å². The summed E-state index contributed by atoms with van der Waals surface area (Å²) in [6.45, 7) is 0. The Balaban J connectivity index is 1.60. The van der Waals surface area contributed by atoms with Gasteiger partial charge in [0.15, 0.2) is 6.10 Å². The number of rotatable bonds is 3. The van der Waals surface area contributed by atoms with Crippen molar-refractivity contribution in [3.8, 4) is 0 Å². The first kappa shape index (κ1) is 13.6. The van der Waals surface area contributed by atoms with Crippen LogP contribution >= 0.6 is 0 Å². The molecule has 2 N–H and O–H groups in total. The van der Waals surface area contributed by atoms with Crippen LogP contribution in [0.2, 0.25) is 0 Å². The van der Waals surface area contributed by atoms with E-state index in [9.17, 15) is 9.90 Å². The summed E-state index contributed by atoms with van der Waals surface area (Å²) in [5, 5.41) is 10.0. The van der Waals surface area contributed by atoms with Crippen LogP contribution in [0.25, 0.3) is 0 Å². The van der Waals surface area contributed by atoms with Gasteiger partial charge >= 0.3 is 5.97 Å². The number of ether oxygens (including phenoxy) is 1. The van der Waals surface area contributed by atoms with Crippen LogP contribution in [-0.4, -0.2) is 36.3 Å². The molecular weight excluding hydrogens is 254 g/mol. The van der Waals surface area contributed by atoms with Crippen LogP contribution in [0.3, 0.4) is 0 Å². The summed E-state index contributed by atoms with van der Waals surface area (Å²) in [5.41, 5.74) is 0.596. The average Bonchev–Trinajstić information content (AvgIpc) is 2.69. The number of esters is 1. The number of quaternary nitrogens is 1. The highest BCUT2D eigenvalue weighted by atomic mass is 16.6. The van der Waals surface area contributed by atoms with Crippen LogP contribution in [0.5, 0.6) is 0 Å². The highest BCUT2D eigenvalue weighted by Crippen LogP contribution is 2.26. The third-order valence-corrected chi connectivity index (χ3v) is 4.87. The first-order valence-corrected chi connectivity index (χ1v) is 7.42. The lowest BCUT2D eigenvalue weighted by Crippen LogP contribution is -3.15. The lowest BCUT2D eigenvalue weighted by atomic mass is 10.0. The molecule has 2 saturated heterocycles. The predicted octanol–water partition coefficient (Wildman–Crippen LogP) is 0.471. The number of aliphatic hydroxyl groups is 1. The van der Waals surface area contributed by atoms with Crippen molar-refractivity contribution in [3.05, 3.63) is 35.9 Å². The Kier molecular flexibility index (Phi) is 3.76. The first-order valence-electron chi connectivity index (χ1n) is 7.42. The molecule has 2 aliphatic heterocycles. The molecule has 4 heteroatoms. The molecule has 20 heavy (non-hydrogen) atoms. The number of carbonyl (C=O) groups is 1. The molecule has 2 unspecified atom stereocenters. The molecule has 5 atom stereocenters. The Morgan fingerprint density at radius 2 is 1.85 bits per heavy atom. The van der Waals surface area contributed by atoms with Crippen LogP contribution in [0, 0.1) is 0 Å². The van der Waals surface area contributed by atoms with Crippen molar-refractivity contribution >= 4 is 5.97 Å². The minimum absolute atomic E-state index is 0.0259. The molecule has 1 aromatic carbocycles. The molecular formula is C16H22NO3+. The number of benzene rings is 1. The maximum Gasteiger partial charge on any atom is 0.339 e. The molecule has 4 nitrogen and oxygen atoms in total. The van der Waals surface area contributed by atoms with Gasteiger partial charge in [0.2, 0.25) is 0 Å². The fourth-order valence-electron chi connectivity index (χ4n) is 3.63. The predicted molar refractivity (Wildman–Crippen MR) is 74.2 cm³/mol. The van der Waals surface area contributed by atoms with Gasteiger partial charge in [0.05, 0.1) is 19.1 Å². The second kappa shape index (κ2) is 5.54. The Morgan fingerprint density at radius 3 is 2.45 bits per heavy atom. The molecule has 2 bridgehead atoms. The summed E-state index contributed by atoms with van der Waals surface area (Å²) < 4.78 is 5.53. The number of hydrogen-bond donors (Lipinski definition) is 2. The van der Waals surface area contributed by atoms with Crippen molar-refractivity contribution in [2.24, 2.45) is 0 Å². The van der Waals surface area contributed by atoms with Crippen molar-refractivity contribution in [2.45, 2.75) is 50.0 Å². The Labute approximate surface area is 119 Å². The lowest BCUT2D eigenvalue weighted by Gasteiger charge is -2.33. The molecule has 2 fully saturated rings. The normalized spacial score (nSPS) is 33.7. The maximum absolute atomic E-state index is 12.0. The highest BCUT2D eigenvalue weighted by Gasteiger charge is 2.44. The summed E-state index contributed by atoms with van der Waals surface area (Å²) in [6.07, 6.45) is 3.12. The first-order chi connectivity index (χ1) is 9.65. The second-order valence-corrected chi connectivity index (χ2v) is 6.06. The van der Waals surface area contributed by atoms with E-state index in [0.717, 1.165) is 12.8 Å². The minimum Gasteiger partial charge on any atom is -0.460 e. The van der Waals surface area contributed by atoms with Crippen LogP contribution < -0.4 is 4.90 Å². The van der Waals surface area contributed by atoms with E-state index >= 15 is 0 Å². The zero-order chi connectivity index (χ0) is 14.1. The quantitative estimate of drug-likeness (QED) is 0.789. The summed E-state index contributed by atoms with van der Waals surface area (Å²) in [5.74, 6) is -0.514. The monoisotopic (exact) mass is 276 g/mol. The number of aliphatic hydroxyl groups excluding tert-OH is 1. The summed E-state index contributed by atoms with van der Waals surface area (Å²) in [4.78, 5) is 13.6. The number of piperidine rings is 1. The van der Waals surface area contributed by atoms with Crippen molar-refractivity contribution in [1.29, 1.82) is 0 Å². The van der Waals surface area contributed by atoms with Crippen molar-refractivity contribution in [2.75, 3.05) is 7.05 Å². The van der Waals surface area contributed by atoms with E-state index < -0.39 is 12.1 Å². The molecule has 0 radical (unpaired) electrons. The number of carbonyl (C=O) groups excluding carboxylic acids is 1. The van der Waals surface area contributed by atoms with E-state index in [0.29, 0.717) is 17.6 Å². The fraction of sp³-hybridized carbons (Fsp3) is 0.562. The van der Waals surface area contributed by atoms with E-state index in [2.05, 4.69) is 7.05 Å². The molecule has 3 rings (SSSR count). The van der Waals surface area contributed by atoms with Gasteiger partial charge in [-0.3, -0.25) is 0 Å². The van der Waals surface area contributed by atoms with Gasteiger partial charge in [0.1, 0.15) is 6.10 Å². The molecule has 2 aliphatic rings. The molecule has 0 saturated carbocycles. The van der Waals surface area contributed by atoms with Crippen molar-refractivity contribution < 1.29 is 19.5 Å². The zero-order valence-corrected chi connectivity index (χ0v) is 11.8. The molecule has 2 heterocycles. The van der Waals surface area contributed by atoms with E-state index in [-0.39, 0.29) is 6.10 Å². The largest absolute Gasteiger partial charge is 0.460 e. The third kappa shape index (κ3) is 2.58. The molecule has 0 aliphatic carbocycles. The van der Waals surface area contributed by atoms with Gasteiger partial charge < -0.3 is 14.7 Å². The van der Waals surface area contributed by atoms with Crippen LogP contribution in [-0.2, 0) is 9.53 Å². The van der Waals surface area contributed by atoms with E-state index in [1.807, 2.05) is 18.2 Å². The number of nitrogens with one attached hydrogen (secondary N) is 1. The lowest BCUT2D eigenvalue weighted by molar-refractivity contribution is -0.923. The SMILES string of the molecule is C[NH+]1[C@@H]2CC[C@H]1CC(OC(=O)[C@H](O)c1ccccc1)C2. The fourth-order valence-corrected chi connectivity index (χ4v) is 3.63. The van der Waals surface area contributed by atoms with Gasteiger partial charge in [-0.15, -0.1) is 0 Å². The molecule has 0 aromatic heterocycles. The van der Waals surface area contributed by atoms with Gasteiger partial charge in [-0.25, -0.2) is 4.79 Å². The van der Waals surface area contributed by atoms with E-state index in [1.54, 1.807) is 17.0 Å². The molecule has 0 amide bonds. The smallest absolute Gasteiger partial charge is 0.339 e. The molecule has 0 spiro atoms. The summed E-state index contributed by atoms with van der Waals surface area (Å²) >= 11 is 0. The van der Waals surface area contributed by atoms with Crippen LogP contribution in [0.4, 0.5) is 0 Å². The van der Waals surface area contributed by atoms with E-state index in [1.165, 1.54) is 12.8 Å². The van der Waals surface area contributed by atoms with Crippen LogP contribution in [0.1, 0.15) is 37.4 Å². The summed E-state index contributed by atoms with van der Waals surface area (Å²) in [6, 6.07) is 10.2. The second-order valence-electron chi connectivity index (χ2n) is 6.06. The Bertz CT molecular complexity index is 462. The Morgan fingerprint density at radius 1 is 1.25 bits per heavy atom. The minimum atomic E-state index is -1.17. The van der Waals surface area contributed by atoms with Crippen molar-refractivity contribution in [3.63, 3.8) is 0 Å². The standard InChI is InChI=1S/C16H21NO3/c1-17-12-7-8-13(17)10-14(9-12)20-16(19)15(18)11-5-3-2-4-6-11/h2-6,12-15,18H,7-10H2,1H3/p+1/t12-,13+,14?,15-/m1/s1. The molecule has 1 aromatic rings. The topological polar surface area (TPSA) is 51.0 Å². The maximum atomic E-state index is 12.0. The van der Waals surface area contributed by atoms with Crippen molar-refractivity contribution in [1.82, 2.24) is 0 Å². The van der Waals surface area contributed by atoms with Gasteiger partial charge in [-0.2, -0.15) is 0 Å². The van der Waals surface area contributed by atoms with E-state index in [4.69, 9.17) is 4.74 Å².